The summed E-state index contributed by atoms with van der Waals surface area (Å²) in [6.07, 6.45) is 2.13. The molecule has 1 aliphatic heterocycles. The van der Waals surface area contributed by atoms with Crippen LogP contribution >= 0.6 is 11.3 Å². The highest BCUT2D eigenvalue weighted by atomic mass is 32.1. The van der Waals surface area contributed by atoms with E-state index in [0.29, 0.717) is 18.3 Å². The van der Waals surface area contributed by atoms with Gasteiger partial charge in [0.25, 0.3) is 0 Å². The van der Waals surface area contributed by atoms with Crippen LogP contribution in [0.25, 0.3) is 0 Å². The Morgan fingerprint density at radius 2 is 2.12 bits per heavy atom. The SMILES string of the molecule is CC(C)c1nc(CC(=O)N[C@@H]2CCc3nnc(C(C)C)n3C2)cs1. The zero-order valence-corrected chi connectivity index (χ0v) is 15.6. The smallest absolute Gasteiger partial charge is 0.226 e. The number of fused-ring (bicyclic) bond motifs is 1. The molecule has 0 aliphatic carbocycles. The number of aromatic nitrogens is 4. The van der Waals surface area contributed by atoms with E-state index in [2.05, 4.69) is 52.8 Å². The van der Waals surface area contributed by atoms with Gasteiger partial charge in [0.05, 0.1) is 17.1 Å². The van der Waals surface area contributed by atoms with Crippen molar-refractivity contribution in [2.24, 2.45) is 0 Å². The second kappa shape index (κ2) is 7.01. The molecular formula is C17H25N5OS. The van der Waals surface area contributed by atoms with Crippen molar-refractivity contribution in [1.82, 2.24) is 25.1 Å². The molecule has 1 N–H and O–H groups in total. The molecule has 3 heterocycles. The molecule has 6 nitrogen and oxygen atoms in total. The molecule has 1 atom stereocenters. The average molecular weight is 347 g/mol. The van der Waals surface area contributed by atoms with E-state index in [-0.39, 0.29) is 11.9 Å². The van der Waals surface area contributed by atoms with Crippen molar-refractivity contribution in [3.05, 3.63) is 27.7 Å². The second-order valence-corrected chi connectivity index (χ2v) is 7.94. The number of nitrogens with one attached hydrogen (secondary N) is 1. The molecule has 24 heavy (non-hydrogen) atoms. The Balaban J connectivity index is 1.60. The number of rotatable bonds is 5. The standard InChI is InChI=1S/C17H25N5OS/c1-10(2)16-21-20-14-6-5-12(8-22(14)16)18-15(23)7-13-9-24-17(19-13)11(3)4/h9-12H,5-8H2,1-4H3,(H,18,23)/t12-/m1/s1. The third-order valence-corrected chi connectivity index (χ3v) is 5.46. The third-order valence-electron chi connectivity index (χ3n) is 4.26. The normalized spacial score (nSPS) is 17.3. The first kappa shape index (κ1) is 17.1. The van der Waals surface area contributed by atoms with E-state index in [1.54, 1.807) is 11.3 Å². The van der Waals surface area contributed by atoms with Crippen molar-refractivity contribution in [3.8, 4) is 0 Å². The number of hydrogen-bond donors (Lipinski definition) is 1. The van der Waals surface area contributed by atoms with Crippen LogP contribution in [0.2, 0.25) is 0 Å². The lowest BCUT2D eigenvalue weighted by atomic mass is 10.1. The zero-order valence-electron chi connectivity index (χ0n) is 14.7. The number of aryl methyl sites for hydroxylation is 1. The molecule has 2 aromatic heterocycles. The molecule has 0 saturated carbocycles. The van der Waals surface area contributed by atoms with Crippen LogP contribution in [0, 0.1) is 0 Å². The number of nitrogens with zero attached hydrogens (tertiary/aromatic N) is 4. The molecule has 0 spiro atoms. The Labute approximate surface area is 146 Å². The quantitative estimate of drug-likeness (QED) is 0.902. The van der Waals surface area contributed by atoms with Crippen molar-refractivity contribution in [3.63, 3.8) is 0 Å². The summed E-state index contributed by atoms with van der Waals surface area (Å²) in [5, 5.41) is 14.8. The number of hydrogen-bond acceptors (Lipinski definition) is 5. The van der Waals surface area contributed by atoms with E-state index in [1.807, 2.05) is 5.38 Å². The lowest BCUT2D eigenvalue weighted by Gasteiger charge is -2.25. The molecule has 0 saturated heterocycles. The fraction of sp³-hybridized carbons (Fsp3) is 0.647. The van der Waals surface area contributed by atoms with Crippen molar-refractivity contribution >= 4 is 17.2 Å². The summed E-state index contributed by atoms with van der Waals surface area (Å²) >= 11 is 1.63. The van der Waals surface area contributed by atoms with E-state index in [9.17, 15) is 4.79 Å². The fourth-order valence-electron chi connectivity index (χ4n) is 3.01. The van der Waals surface area contributed by atoms with Gasteiger partial charge in [-0.3, -0.25) is 4.79 Å². The van der Waals surface area contributed by atoms with Crippen LogP contribution in [-0.2, 0) is 24.2 Å². The summed E-state index contributed by atoms with van der Waals surface area (Å²) in [5.74, 6) is 2.83. The van der Waals surface area contributed by atoms with Gasteiger partial charge in [-0.15, -0.1) is 21.5 Å². The largest absolute Gasteiger partial charge is 0.351 e. The molecule has 0 aromatic carbocycles. The Hall–Kier alpha value is -1.76. The summed E-state index contributed by atoms with van der Waals surface area (Å²) < 4.78 is 2.17. The molecule has 2 aromatic rings. The van der Waals surface area contributed by atoms with Gasteiger partial charge in [0.1, 0.15) is 11.6 Å². The predicted octanol–water partition coefficient (Wildman–Crippen LogP) is 2.66. The first-order valence-corrected chi connectivity index (χ1v) is 9.47. The summed E-state index contributed by atoms with van der Waals surface area (Å²) in [7, 11) is 0. The van der Waals surface area contributed by atoms with Gasteiger partial charge in [0.2, 0.25) is 5.91 Å². The van der Waals surface area contributed by atoms with Gasteiger partial charge in [-0.05, 0) is 6.42 Å². The van der Waals surface area contributed by atoms with Crippen LogP contribution in [0.1, 0.15) is 68.3 Å². The zero-order chi connectivity index (χ0) is 17.3. The second-order valence-electron chi connectivity index (χ2n) is 7.05. The van der Waals surface area contributed by atoms with Crippen LogP contribution < -0.4 is 5.32 Å². The molecule has 0 radical (unpaired) electrons. The Bertz CT molecular complexity index is 718. The molecule has 1 aliphatic rings. The number of thiazole rings is 1. The van der Waals surface area contributed by atoms with Gasteiger partial charge in [-0.1, -0.05) is 27.7 Å². The van der Waals surface area contributed by atoms with Crippen molar-refractivity contribution in [1.29, 1.82) is 0 Å². The van der Waals surface area contributed by atoms with E-state index in [1.165, 1.54) is 0 Å². The first-order valence-electron chi connectivity index (χ1n) is 8.59. The van der Waals surface area contributed by atoms with Crippen LogP contribution in [0.15, 0.2) is 5.38 Å². The highest BCUT2D eigenvalue weighted by Crippen LogP contribution is 2.21. The summed E-state index contributed by atoms with van der Waals surface area (Å²) in [6.45, 7) is 9.24. The maximum atomic E-state index is 12.3. The topological polar surface area (TPSA) is 72.7 Å². The van der Waals surface area contributed by atoms with Gasteiger partial charge in [0.15, 0.2) is 0 Å². The Morgan fingerprint density at radius 1 is 1.33 bits per heavy atom. The van der Waals surface area contributed by atoms with E-state index >= 15 is 0 Å². The Kier molecular flexibility index (Phi) is 4.99. The molecule has 1 amide bonds. The van der Waals surface area contributed by atoms with Crippen molar-refractivity contribution < 1.29 is 4.79 Å². The van der Waals surface area contributed by atoms with Gasteiger partial charge >= 0.3 is 0 Å². The van der Waals surface area contributed by atoms with E-state index < -0.39 is 0 Å². The van der Waals surface area contributed by atoms with Crippen LogP contribution in [0.4, 0.5) is 0 Å². The third kappa shape index (κ3) is 3.66. The minimum Gasteiger partial charge on any atom is -0.351 e. The number of carbonyl (C=O) groups excluding carboxylic acids is 1. The van der Waals surface area contributed by atoms with Crippen molar-refractivity contribution in [2.45, 2.75) is 71.4 Å². The van der Waals surface area contributed by atoms with Crippen LogP contribution in [0.3, 0.4) is 0 Å². The van der Waals surface area contributed by atoms with E-state index in [4.69, 9.17) is 0 Å². The molecular weight excluding hydrogens is 322 g/mol. The van der Waals surface area contributed by atoms with Gasteiger partial charge in [-0.25, -0.2) is 4.98 Å². The first-order chi connectivity index (χ1) is 11.4. The fourth-order valence-corrected chi connectivity index (χ4v) is 3.84. The highest BCUT2D eigenvalue weighted by Gasteiger charge is 2.25. The maximum Gasteiger partial charge on any atom is 0.226 e. The lowest BCUT2D eigenvalue weighted by Crippen LogP contribution is -2.42. The summed E-state index contributed by atoms with van der Waals surface area (Å²) in [6, 6.07) is 0.140. The average Bonchev–Trinajstić information content (AvgIpc) is 3.13. The number of carbonyl (C=O) groups is 1. The number of amides is 1. The van der Waals surface area contributed by atoms with Crippen LogP contribution in [-0.4, -0.2) is 31.7 Å². The maximum absolute atomic E-state index is 12.3. The summed E-state index contributed by atoms with van der Waals surface area (Å²) in [4.78, 5) is 16.9. The van der Waals surface area contributed by atoms with Gasteiger partial charge in [-0.2, -0.15) is 0 Å². The monoisotopic (exact) mass is 347 g/mol. The van der Waals surface area contributed by atoms with Crippen LogP contribution in [0.5, 0.6) is 0 Å². The molecule has 0 unspecified atom stereocenters. The molecule has 7 heteroatoms. The van der Waals surface area contributed by atoms with Crippen molar-refractivity contribution in [2.75, 3.05) is 0 Å². The van der Waals surface area contributed by atoms with Gasteiger partial charge < -0.3 is 9.88 Å². The minimum absolute atomic E-state index is 0.0447. The predicted molar refractivity (Wildman–Crippen MR) is 94.3 cm³/mol. The molecule has 3 rings (SSSR count). The molecule has 0 bridgehead atoms. The minimum atomic E-state index is 0.0447. The van der Waals surface area contributed by atoms with E-state index in [0.717, 1.165) is 41.7 Å². The lowest BCUT2D eigenvalue weighted by molar-refractivity contribution is -0.121. The summed E-state index contributed by atoms with van der Waals surface area (Å²) in [5.41, 5.74) is 0.866. The molecule has 0 fully saturated rings. The van der Waals surface area contributed by atoms with Gasteiger partial charge in [0, 0.05) is 36.2 Å². The Morgan fingerprint density at radius 3 is 2.79 bits per heavy atom. The highest BCUT2D eigenvalue weighted by molar-refractivity contribution is 7.09. The molecule has 130 valence electrons.